The minimum atomic E-state index is -3.96. The molecule has 8 nitrogen and oxygen atoms in total. The first kappa shape index (κ1) is 30.4. The fourth-order valence-electron chi connectivity index (χ4n) is 5.31. The highest BCUT2D eigenvalue weighted by Crippen LogP contribution is 2.33. The third-order valence-electron chi connectivity index (χ3n) is 7.56. The molecule has 5 aromatic carbocycles. The molecule has 1 aliphatic rings. The Kier molecular flexibility index (Phi) is 8.11. The molecule has 2 N–H and O–H groups in total. The van der Waals surface area contributed by atoms with E-state index in [1.807, 2.05) is 77.5 Å². The summed E-state index contributed by atoms with van der Waals surface area (Å²) in [4.78, 5) is 4.96. The number of halogens is 2. The van der Waals surface area contributed by atoms with Crippen molar-refractivity contribution in [1.82, 2.24) is 14.3 Å². The van der Waals surface area contributed by atoms with E-state index in [0.29, 0.717) is 44.9 Å². The molecule has 2 heterocycles. The van der Waals surface area contributed by atoms with E-state index in [-0.39, 0.29) is 0 Å². The van der Waals surface area contributed by atoms with E-state index in [1.54, 1.807) is 30.3 Å². The summed E-state index contributed by atoms with van der Waals surface area (Å²) in [6.07, 6.45) is 3.46. The summed E-state index contributed by atoms with van der Waals surface area (Å²) in [5.41, 5.74) is 5.49. The summed E-state index contributed by atoms with van der Waals surface area (Å²) in [6.45, 7) is 0. The van der Waals surface area contributed by atoms with Crippen LogP contribution in [0.2, 0.25) is 10.0 Å². The predicted octanol–water partition coefficient (Wildman–Crippen LogP) is 8.91. The van der Waals surface area contributed by atoms with Crippen molar-refractivity contribution in [3.8, 4) is 39.6 Å². The molecule has 0 saturated heterocycles. The van der Waals surface area contributed by atoms with Crippen LogP contribution in [0.25, 0.3) is 28.1 Å². The van der Waals surface area contributed by atoms with Crippen molar-refractivity contribution in [1.29, 1.82) is 0 Å². The Morgan fingerprint density at radius 1 is 0.766 bits per heavy atom. The first-order valence-corrected chi connectivity index (χ1v) is 16.7. The molecule has 7 rings (SSSR count). The van der Waals surface area contributed by atoms with E-state index in [0.717, 1.165) is 38.7 Å². The molecule has 11 heteroatoms. The van der Waals surface area contributed by atoms with E-state index in [2.05, 4.69) is 29.0 Å². The number of hydrogen-bond donors (Lipinski definition) is 2. The molecule has 1 aromatic heterocycles. The molecule has 0 atom stereocenters. The van der Waals surface area contributed by atoms with Crippen molar-refractivity contribution in [2.24, 2.45) is 0 Å². The van der Waals surface area contributed by atoms with E-state index in [9.17, 15) is 13.5 Å². The van der Waals surface area contributed by atoms with Crippen LogP contribution in [0.4, 0.5) is 5.69 Å². The van der Waals surface area contributed by atoms with Crippen molar-refractivity contribution in [2.45, 2.75) is 6.42 Å². The topological polar surface area (TPSA) is 96.7 Å². The van der Waals surface area contributed by atoms with Gasteiger partial charge in [-0.05, 0) is 77.4 Å². The average Bonchev–Trinajstić information content (AvgIpc) is 3.60. The fraction of sp³-hybridized carbons (Fsp3) is 0.0278. The molecule has 47 heavy (non-hydrogen) atoms. The summed E-state index contributed by atoms with van der Waals surface area (Å²) in [5.74, 6) is 1.79. The summed E-state index contributed by atoms with van der Waals surface area (Å²) in [6, 6.07) is 38.1. The monoisotopic (exact) mass is 680 g/mol. The predicted molar refractivity (Wildman–Crippen MR) is 185 cm³/mol. The number of rotatable bonds is 8. The number of nitrogens with one attached hydrogen (secondary N) is 1. The fourth-order valence-corrected chi connectivity index (χ4v) is 6.86. The Bertz CT molecular complexity index is 2220. The Labute approximate surface area is 281 Å². The maximum Gasteiger partial charge on any atom is 0.330 e. The lowest BCUT2D eigenvalue weighted by Crippen LogP contribution is -2.29. The molecule has 0 bridgehead atoms. The Hall–Kier alpha value is -5.22. The zero-order chi connectivity index (χ0) is 32.5. The van der Waals surface area contributed by atoms with E-state index in [1.165, 1.54) is 0 Å². The highest BCUT2D eigenvalue weighted by Gasteiger charge is 2.29. The van der Waals surface area contributed by atoms with Crippen LogP contribution in [-0.4, -0.2) is 23.1 Å². The van der Waals surface area contributed by atoms with Gasteiger partial charge < -0.3 is 14.4 Å². The number of para-hydroxylation sites is 1. The largest absolute Gasteiger partial charge is 0.493 e. The van der Waals surface area contributed by atoms with Crippen LogP contribution in [0.3, 0.4) is 0 Å². The molecule has 0 amide bonds. The standard InChI is InChI=1S/C36H26Cl2N4O4S/c37-27-15-18-32(33(38)20-27)34-22-41(28-5-4-6-29(21-28)42-23-36(43)40-47(42,44)45)35(39-34)19-24-9-11-25(12-10-24)26-13-16-31(17-14-26)46-30-7-2-1-3-8-30/h1-18,20-23,40,43H,19H2. The Morgan fingerprint density at radius 3 is 2.13 bits per heavy atom. The van der Waals surface area contributed by atoms with Gasteiger partial charge in [0.05, 0.1) is 22.6 Å². The number of nitrogens with zero attached hydrogens (tertiary/aromatic N) is 3. The van der Waals surface area contributed by atoms with Crippen molar-refractivity contribution >= 4 is 39.1 Å². The van der Waals surface area contributed by atoms with Crippen molar-refractivity contribution < 1.29 is 18.3 Å². The normalized spacial score (nSPS) is 13.7. The summed E-state index contributed by atoms with van der Waals surface area (Å²) in [5, 5.41) is 10.8. The van der Waals surface area contributed by atoms with Crippen molar-refractivity contribution in [3.63, 3.8) is 0 Å². The number of anilines is 1. The molecule has 0 radical (unpaired) electrons. The molecule has 0 saturated carbocycles. The van der Waals surface area contributed by atoms with E-state index >= 15 is 0 Å². The Morgan fingerprint density at radius 2 is 1.45 bits per heavy atom. The third-order valence-corrected chi connectivity index (χ3v) is 9.41. The number of aliphatic hydroxyl groups is 1. The van der Waals surface area contributed by atoms with Gasteiger partial charge in [0.2, 0.25) is 5.88 Å². The maximum absolute atomic E-state index is 12.6. The number of aromatic nitrogens is 2. The minimum Gasteiger partial charge on any atom is -0.493 e. The first-order valence-electron chi connectivity index (χ1n) is 14.5. The van der Waals surface area contributed by atoms with Crippen LogP contribution in [0.1, 0.15) is 11.4 Å². The Balaban J connectivity index is 1.19. The van der Waals surface area contributed by atoms with Gasteiger partial charge in [0.15, 0.2) is 0 Å². The van der Waals surface area contributed by atoms with Crippen molar-refractivity contribution in [3.05, 3.63) is 161 Å². The first-order chi connectivity index (χ1) is 22.7. The lowest BCUT2D eigenvalue weighted by Gasteiger charge is -2.16. The second-order valence-electron chi connectivity index (χ2n) is 10.8. The molecule has 1 aliphatic heterocycles. The van der Waals surface area contributed by atoms with Crippen LogP contribution < -0.4 is 13.8 Å². The number of aliphatic hydroxyl groups excluding tert-OH is 1. The zero-order valence-corrected chi connectivity index (χ0v) is 26.9. The van der Waals surface area contributed by atoms with Crippen LogP contribution in [0.15, 0.2) is 140 Å². The molecular weight excluding hydrogens is 655 g/mol. The molecule has 0 unspecified atom stereocenters. The quantitative estimate of drug-likeness (QED) is 0.167. The van der Waals surface area contributed by atoms with Gasteiger partial charge in [-0.3, -0.25) is 0 Å². The van der Waals surface area contributed by atoms with Gasteiger partial charge in [-0.25, -0.2) is 14.0 Å². The van der Waals surface area contributed by atoms with Crippen LogP contribution in [0, 0.1) is 0 Å². The van der Waals surface area contributed by atoms with Gasteiger partial charge in [0, 0.05) is 28.9 Å². The van der Waals surface area contributed by atoms with E-state index in [4.69, 9.17) is 32.9 Å². The third kappa shape index (κ3) is 6.55. The number of imidazole rings is 1. The summed E-state index contributed by atoms with van der Waals surface area (Å²) >= 11 is 12.7. The van der Waals surface area contributed by atoms with Crippen molar-refractivity contribution in [2.75, 3.05) is 4.31 Å². The van der Waals surface area contributed by atoms with Crippen LogP contribution in [0.5, 0.6) is 11.5 Å². The second kappa shape index (κ2) is 12.5. The zero-order valence-electron chi connectivity index (χ0n) is 24.6. The van der Waals surface area contributed by atoms with Gasteiger partial charge >= 0.3 is 10.2 Å². The van der Waals surface area contributed by atoms with E-state index < -0.39 is 16.1 Å². The van der Waals surface area contributed by atoms with Crippen LogP contribution in [-0.2, 0) is 16.6 Å². The van der Waals surface area contributed by atoms with Gasteiger partial charge in [0.25, 0.3) is 0 Å². The summed E-state index contributed by atoms with van der Waals surface area (Å²) < 4.78 is 36.0. The van der Waals surface area contributed by atoms with Gasteiger partial charge in [-0.2, -0.15) is 8.42 Å². The highest BCUT2D eigenvalue weighted by molar-refractivity contribution is 7.91. The van der Waals surface area contributed by atoms with Gasteiger partial charge in [-0.15, -0.1) is 0 Å². The smallest absolute Gasteiger partial charge is 0.330 e. The molecule has 0 aliphatic carbocycles. The molecule has 6 aromatic rings. The lowest BCUT2D eigenvalue weighted by atomic mass is 10.0. The molecule has 0 spiro atoms. The SMILES string of the molecule is O=S1(=O)NC(O)=CN1c1cccc(-n2cc(-c3ccc(Cl)cc3Cl)nc2Cc2ccc(-c3ccc(Oc4ccccc4)cc3)cc2)c1. The van der Waals surface area contributed by atoms with Gasteiger partial charge in [-0.1, -0.05) is 83.9 Å². The minimum absolute atomic E-state index is 0.342. The highest BCUT2D eigenvalue weighted by atomic mass is 35.5. The maximum atomic E-state index is 12.6. The average molecular weight is 682 g/mol. The van der Waals surface area contributed by atoms with Crippen LogP contribution >= 0.6 is 23.2 Å². The summed E-state index contributed by atoms with van der Waals surface area (Å²) in [7, 11) is -3.96. The second-order valence-corrected chi connectivity index (χ2v) is 13.2. The lowest BCUT2D eigenvalue weighted by molar-refractivity contribution is 0.392. The number of benzene rings is 5. The molecule has 0 fully saturated rings. The van der Waals surface area contributed by atoms with Gasteiger partial charge in [0.1, 0.15) is 17.3 Å². The molecule has 234 valence electrons. The molecular formula is C36H26Cl2N4O4S. The number of hydrogen-bond acceptors (Lipinski definition) is 5. The number of ether oxygens (including phenoxy) is 1.